The minimum atomic E-state index is -0.312. The van der Waals surface area contributed by atoms with E-state index in [1.54, 1.807) is 25.3 Å². The summed E-state index contributed by atoms with van der Waals surface area (Å²) in [6.07, 6.45) is 0.893. The van der Waals surface area contributed by atoms with Crippen molar-refractivity contribution in [2.75, 3.05) is 19.0 Å². The zero-order valence-electron chi connectivity index (χ0n) is 18.3. The average molecular weight is 462 g/mol. The summed E-state index contributed by atoms with van der Waals surface area (Å²) in [6.45, 7) is 2.62. The van der Waals surface area contributed by atoms with E-state index in [-0.39, 0.29) is 11.0 Å². The first-order valence-electron chi connectivity index (χ1n) is 10.5. The highest BCUT2D eigenvalue weighted by atomic mass is 32.1. The third kappa shape index (κ3) is 5.48. The molecule has 7 nitrogen and oxygen atoms in total. The molecule has 0 atom stereocenters. The first kappa shape index (κ1) is 22.3. The van der Waals surface area contributed by atoms with Crippen molar-refractivity contribution < 1.29 is 18.7 Å². The van der Waals surface area contributed by atoms with Crippen molar-refractivity contribution >= 4 is 40.0 Å². The minimum Gasteiger partial charge on any atom is -0.497 e. The number of aromatic nitrogens is 1. The zero-order valence-corrected chi connectivity index (χ0v) is 19.1. The molecular formula is C25H23N3O4S. The molecule has 0 aliphatic carbocycles. The lowest BCUT2D eigenvalue weighted by atomic mass is 10.2. The molecule has 168 valence electrons. The van der Waals surface area contributed by atoms with E-state index in [9.17, 15) is 4.79 Å². The highest BCUT2D eigenvalue weighted by molar-refractivity contribution is 7.80. The molecule has 4 aromatic rings. The maximum atomic E-state index is 12.5. The fourth-order valence-electron chi connectivity index (χ4n) is 3.14. The number of oxazole rings is 1. The van der Waals surface area contributed by atoms with Crippen LogP contribution in [0.4, 0.5) is 5.69 Å². The molecule has 1 aromatic heterocycles. The van der Waals surface area contributed by atoms with Crippen molar-refractivity contribution in [1.29, 1.82) is 0 Å². The molecule has 0 unspecified atom stereocenters. The van der Waals surface area contributed by atoms with Gasteiger partial charge in [0.15, 0.2) is 10.7 Å². The Morgan fingerprint density at radius 2 is 1.88 bits per heavy atom. The highest BCUT2D eigenvalue weighted by Crippen LogP contribution is 2.27. The Kier molecular flexibility index (Phi) is 6.85. The van der Waals surface area contributed by atoms with Gasteiger partial charge in [-0.1, -0.05) is 13.0 Å². The molecule has 0 radical (unpaired) electrons. The Balaban J connectivity index is 1.39. The molecule has 1 heterocycles. The smallest absolute Gasteiger partial charge is 0.257 e. The van der Waals surface area contributed by atoms with Crippen LogP contribution in [0.15, 0.2) is 71.1 Å². The van der Waals surface area contributed by atoms with Gasteiger partial charge in [0.1, 0.15) is 17.0 Å². The number of carbonyl (C=O) groups is 1. The summed E-state index contributed by atoms with van der Waals surface area (Å²) in [7, 11) is 1.61. The van der Waals surface area contributed by atoms with Crippen LogP contribution in [-0.4, -0.2) is 29.7 Å². The fourth-order valence-corrected chi connectivity index (χ4v) is 3.35. The van der Waals surface area contributed by atoms with Crippen molar-refractivity contribution in [3.63, 3.8) is 0 Å². The Morgan fingerprint density at radius 3 is 2.64 bits per heavy atom. The molecule has 0 aliphatic rings. The molecule has 0 saturated heterocycles. The molecule has 4 rings (SSSR count). The van der Waals surface area contributed by atoms with Crippen LogP contribution in [0.5, 0.6) is 11.5 Å². The minimum absolute atomic E-state index is 0.196. The van der Waals surface area contributed by atoms with E-state index in [0.717, 1.165) is 28.9 Å². The van der Waals surface area contributed by atoms with Crippen LogP contribution < -0.4 is 20.1 Å². The predicted octanol–water partition coefficient (Wildman–Crippen LogP) is 5.42. The van der Waals surface area contributed by atoms with E-state index in [1.165, 1.54) is 0 Å². The van der Waals surface area contributed by atoms with Crippen LogP contribution in [-0.2, 0) is 0 Å². The molecule has 3 aromatic carbocycles. The SMILES string of the molecule is CCCOc1cccc(C(=O)NC(=S)Nc2ccc(-c3nc4cc(OC)ccc4o3)cc2)c1. The Labute approximate surface area is 196 Å². The number of fused-ring (bicyclic) bond motifs is 1. The van der Waals surface area contributed by atoms with Crippen molar-refractivity contribution in [2.45, 2.75) is 13.3 Å². The van der Waals surface area contributed by atoms with Crippen LogP contribution in [0.1, 0.15) is 23.7 Å². The van der Waals surface area contributed by atoms with Crippen LogP contribution >= 0.6 is 12.2 Å². The number of rotatable bonds is 7. The van der Waals surface area contributed by atoms with Crippen molar-refractivity contribution in [3.05, 3.63) is 72.3 Å². The van der Waals surface area contributed by atoms with E-state index in [0.29, 0.717) is 29.4 Å². The third-order valence-corrected chi connectivity index (χ3v) is 4.98. The summed E-state index contributed by atoms with van der Waals surface area (Å²) in [4.78, 5) is 17.0. The van der Waals surface area contributed by atoms with Crippen molar-refractivity contribution in [1.82, 2.24) is 10.3 Å². The van der Waals surface area contributed by atoms with Crippen molar-refractivity contribution in [3.8, 4) is 23.0 Å². The first-order chi connectivity index (χ1) is 16.1. The molecule has 0 bridgehead atoms. The number of amides is 1. The van der Waals surface area contributed by atoms with Crippen LogP contribution in [0.2, 0.25) is 0 Å². The Bertz CT molecular complexity index is 1280. The fraction of sp³-hybridized carbons (Fsp3) is 0.160. The van der Waals surface area contributed by atoms with Gasteiger partial charge < -0.3 is 19.2 Å². The van der Waals surface area contributed by atoms with Gasteiger partial charge in [-0.3, -0.25) is 10.1 Å². The number of hydrogen-bond acceptors (Lipinski definition) is 6. The summed E-state index contributed by atoms with van der Waals surface area (Å²) in [5, 5.41) is 5.89. The van der Waals surface area contributed by atoms with Gasteiger partial charge in [0, 0.05) is 22.9 Å². The summed E-state index contributed by atoms with van der Waals surface area (Å²) in [6, 6.07) is 19.9. The Hall–Kier alpha value is -3.91. The molecule has 8 heteroatoms. The van der Waals surface area contributed by atoms with Crippen LogP contribution in [0.25, 0.3) is 22.6 Å². The van der Waals surface area contributed by atoms with Gasteiger partial charge in [0.25, 0.3) is 5.91 Å². The topological polar surface area (TPSA) is 85.6 Å². The van der Waals surface area contributed by atoms with E-state index in [2.05, 4.69) is 15.6 Å². The number of ether oxygens (including phenoxy) is 2. The van der Waals surface area contributed by atoms with Crippen LogP contribution in [0, 0.1) is 0 Å². The zero-order chi connectivity index (χ0) is 23.2. The van der Waals surface area contributed by atoms with E-state index < -0.39 is 0 Å². The van der Waals surface area contributed by atoms with E-state index in [4.69, 9.17) is 26.1 Å². The average Bonchev–Trinajstić information content (AvgIpc) is 3.26. The van der Waals surface area contributed by atoms with Crippen LogP contribution in [0.3, 0.4) is 0 Å². The summed E-state index contributed by atoms with van der Waals surface area (Å²) >= 11 is 5.29. The number of carbonyl (C=O) groups excluding carboxylic acids is 1. The van der Waals surface area contributed by atoms with Gasteiger partial charge in [-0.25, -0.2) is 4.98 Å². The monoisotopic (exact) mass is 461 g/mol. The summed E-state index contributed by atoms with van der Waals surface area (Å²) in [5.41, 5.74) is 3.41. The molecule has 0 saturated carbocycles. The second-order valence-corrected chi connectivity index (χ2v) is 7.62. The second-order valence-electron chi connectivity index (χ2n) is 7.21. The normalized spacial score (nSPS) is 10.6. The first-order valence-corrected chi connectivity index (χ1v) is 10.9. The number of methoxy groups -OCH3 is 1. The van der Waals surface area contributed by atoms with Gasteiger partial charge in [0.05, 0.1) is 13.7 Å². The molecule has 2 N–H and O–H groups in total. The molecular weight excluding hydrogens is 438 g/mol. The summed E-state index contributed by atoms with van der Waals surface area (Å²) < 4.78 is 16.6. The van der Waals surface area contributed by atoms with Crippen molar-refractivity contribution in [2.24, 2.45) is 0 Å². The maximum Gasteiger partial charge on any atom is 0.257 e. The van der Waals surface area contributed by atoms with Gasteiger partial charge >= 0.3 is 0 Å². The molecule has 33 heavy (non-hydrogen) atoms. The lowest BCUT2D eigenvalue weighted by Gasteiger charge is -2.11. The number of nitrogens with zero attached hydrogens (tertiary/aromatic N) is 1. The summed E-state index contributed by atoms with van der Waals surface area (Å²) in [5.74, 6) is 1.56. The maximum absolute atomic E-state index is 12.5. The molecule has 0 fully saturated rings. The highest BCUT2D eigenvalue weighted by Gasteiger charge is 2.11. The number of benzene rings is 3. The van der Waals surface area contributed by atoms with E-state index >= 15 is 0 Å². The third-order valence-electron chi connectivity index (χ3n) is 4.78. The predicted molar refractivity (Wildman–Crippen MR) is 132 cm³/mol. The number of nitrogens with one attached hydrogen (secondary N) is 2. The largest absolute Gasteiger partial charge is 0.497 e. The van der Waals surface area contributed by atoms with Gasteiger partial charge in [-0.2, -0.15) is 0 Å². The van der Waals surface area contributed by atoms with E-state index in [1.807, 2.05) is 55.5 Å². The molecule has 1 amide bonds. The quantitative estimate of drug-likeness (QED) is 0.356. The molecule has 0 spiro atoms. The number of thiocarbonyl (C=S) groups is 1. The number of hydrogen-bond donors (Lipinski definition) is 2. The second kappa shape index (κ2) is 10.1. The van der Waals surface area contributed by atoms with Gasteiger partial charge in [0.2, 0.25) is 5.89 Å². The lowest BCUT2D eigenvalue weighted by molar-refractivity contribution is 0.0977. The van der Waals surface area contributed by atoms with Gasteiger partial charge in [-0.15, -0.1) is 0 Å². The molecule has 0 aliphatic heterocycles. The number of anilines is 1. The Morgan fingerprint density at radius 1 is 1.06 bits per heavy atom. The lowest BCUT2D eigenvalue weighted by Crippen LogP contribution is -2.34. The van der Waals surface area contributed by atoms with Gasteiger partial charge in [-0.05, 0) is 73.2 Å². The standard InChI is InChI=1S/C25H23N3O4S/c1-3-13-31-20-6-4-5-17(14-20)23(29)28-25(33)26-18-9-7-16(8-10-18)24-27-21-15-19(30-2)11-12-22(21)32-24/h4-12,14-15H,3,13H2,1-2H3,(H2,26,28,29,33).